The molecule has 1 amide bonds. The summed E-state index contributed by atoms with van der Waals surface area (Å²) in [4.78, 5) is 14.3. The summed E-state index contributed by atoms with van der Waals surface area (Å²) in [6.45, 7) is 6.71. The van der Waals surface area contributed by atoms with E-state index in [1.165, 1.54) is 10.5 Å². The van der Waals surface area contributed by atoms with Crippen molar-refractivity contribution in [3.63, 3.8) is 0 Å². The van der Waals surface area contributed by atoms with Crippen molar-refractivity contribution in [3.05, 3.63) is 42.4 Å². The molecule has 0 bridgehead atoms. The first kappa shape index (κ1) is 20.3. The van der Waals surface area contributed by atoms with Gasteiger partial charge in [0.2, 0.25) is 0 Å². The van der Waals surface area contributed by atoms with Crippen LogP contribution in [0.25, 0.3) is 5.65 Å². The van der Waals surface area contributed by atoms with Crippen molar-refractivity contribution in [2.75, 3.05) is 19.7 Å². The number of alkyl halides is 3. The summed E-state index contributed by atoms with van der Waals surface area (Å²) in [5.74, 6) is 0.133. The van der Waals surface area contributed by atoms with E-state index in [0.717, 1.165) is 25.1 Å². The number of hydrogen-bond acceptors (Lipinski definition) is 4. The average molecular weight is 396 g/mol. The van der Waals surface area contributed by atoms with Gasteiger partial charge in [-0.2, -0.15) is 13.2 Å². The van der Waals surface area contributed by atoms with Gasteiger partial charge >= 0.3 is 6.18 Å². The predicted molar refractivity (Wildman–Crippen MR) is 96.8 cm³/mol. The summed E-state index contributed by atoms with van der Waals surface area (Å²) in [7, 11) is 0. The fraction of sp³-hybridized carbons (Fsp3) is 0.526. The molecule has 2 aromatic rings. The molecule has 0 N–H and O–H groups in total. The third-order valence-corrected chi connectivity index (χ3v) is 4.89. The highest BCUT2D eigenvalue weighted by Gasteiger charge is 2.33. The summed E-state index contributed by atoms with van der Waals surface area (Å²) < 4.78 is 46.1. The standard InChI is InChI=1S/C19H23F3N4O2/c1-3-4-10-28-13(2)18(27)25-9-5-6-14(11-25)17-24-23-16-8-7-15(12-26(16)17)19(20,21)22/h3,7-8,12-14H,1,4-6,9-11H2,2H3. The van der Waals surface area contributed by atoms with Gasteiger partial charge in [0.05, 0.1) is 12.2 Å². The highest BCUT2D eigenvalue weighted by molar-refractivity contribution is 5.80. The molecule has 1 aliphatic heterocycles. The van der Waals surface area contributed by atoms with Crippen LogP contribution in [-0.4, -0.2) is 51.2 Å². The number of hydrogen-bond donors (Lipinski definition) is 0. The van der Waals surface area contributed by atoms with Crippen molar-refractivity contribution in [2.24, 2.45) is 0 Å². The van der Waals surface area contributed by atoms with E-state index in [2.05, 4.69) is 16.8 Å². The molecule has 152 valence electrons. The van der Waals surface area contributed by atoms with Gasteiger partial charge in [-0.05, 0) is 38.3 Å². The van der Waals surface area contributed by atoms with E-state index in [9.17, 15) is 18.0 Å². The number of nitrogens with zero attached hydrogens (tertiary/aromatic N) is 4. The first-order chi connectivity index (χ1) is 13.3. The highest BCUT2D eigenvalue weighted by Crippen LogP contribution is 2.31. The number of likely N-dealkylation sites (tertiary alicyclic amines) is 1. The molecule has 6 nitrogen and oxygen atoms in total. The van der Waals surface area contributed by atoms with Crippen LogP contribution in [0.3, 0.4) is 0 Å². The van der Waals surface area contributed by atoms with Crippen LogP contribution in [0.1, 0.15) is 43.5 Å². The molecule has 0 aliphatic carbocycles. The largest absolute Gasteiger partial charge is 0.417 e. The molecule has 1 aliphatic rings. The lowest BCUT2D eigenvalue weighted by Gasteiger charge is -2.33. The number of aromatic nitrogens is 3. The Morgan fingerprint density at radius 1 is 1.43 bits per heavy atom. The number of ether oxygens (including phenoxy) is 1. The molecule has 1 saturated heterocycles. The minimum Gasteiger partial charge on any atom is -0.368 e. The van der Waals surface area contributed by atoms with Crippen LogP contribution in [0, 0.1) is 0 Å². The van der Waals surface area contributed by atoms with Gasteiger partial charge in [-0.15, -0.1) is 16.8 Å². The zero-order valence-electron chi connectivity index (χ0n) is 15.7. The number of pyridine rings is 1. The summed E-state index contributed by atoms with van der Waals surface area (Å²) in [5.41, 5.74) is -0.401. The maximum Gasteiger partial charge on any atom is 0.417 e. The maximum absolute atomic E-state index is 13.1. The highest BCUT2D eigenvalue weighted by atomic mass is 19.4. The predicted octanol–water partition coefficient (Wildman–Crippen LogP) is 3.44. The summed E-state index contributed by atoms with van der Waals surface area (Å²) in [5, 5.41) is 8.09. The lowest BCUT2D eigenvalue weighted by Crippen LogP contribution is -2.44. The van der Waals surface area contributed by atoms with Crippen molar-refractivity contribution >= 4 is 11.6 Å². The average Bonchev–Trinajstić information content (AvgIpc) is 3.10. The van der Waals surface area contributed by atoms with E-state index in [1.54, 1.807) is 17.9 Å². The van der Waals surface area contributed by atoms with Crippen molar-refractivity contribution in [1.82, 2.24) is 19.5 Å². The smallest absolute Gasteiger partial charge is 0.368 e. The summed E-state index contributed by atoms with van der Waals surface area (Å²) >= 11 is 0. The maximum atomic E-state index is 13.1. The van der Waals surface area contributed by atoms with Crippen LogP contribution in [0.15, 0.2) is 31.0 Å². The lowest BCUT2D eigenvalue weighted by atomic mass is 9.96. The lowest BCUT2D eigenvalue weighted by molar-refractivity contribution is -0.143. The van der Waals surface area contributed by atoms with Crippen LogP contribution >= 0.6 is 0 Å². The van der Waals surface area contributed by atoms with Gasteiger partial charge in [-0.25, -0.2) is 0 Å². The molecule has 2 aromatic heterocycles. The van der Waals surface area contributed by atoms with Crippen molar-refractivity contribution in [1.29, 1.82) is 0 Å². The zero-order valence-corrected chi connectivity index (χ0v) is 15.7. The van der Waals surface area contributed by atoms with Crippen LogP contribution in [-0.2, 0) is 15.7 Å². The van der Waals surface area contributed by atoms with Crippen molar-refractivity contribution in [2.45, 2.75) is 44.4 Å². The Kier molecular flexibility index (Phi) is 6.02. The molecule has 0 spiro atoms. The molecule has 1 fully saturated rings. The van der Waals surface area contributed by atoms with E-state index in [0.29, 0.717) is 37.6 Å². The number of carbonyl (C=O) groups excluding carboxylic acids is 1. The summed E-state index contributed by atoms with van der Waals surface area (Å²) in [6, 6.07) is 2.30. The molecular formula is C19H23F3N4O2. The molecule has 3 heterocycles. The van der Waals surface area contributed by atoms with E-state index in [4.69, 9.17) is 4.74 Å². The molecule has 0 aromatic carbocycles. The molecule has 0 radical (unpaired) electrons. The first-order valence-electron chi connectivity index (χ1n) is 9.24. The van der Waals surface area contributed by atoms with Crippen LogP contribution < -0.4 is 0 Å². The number of piperidine rings is 1. The second-order valence-corrected chi connectivity index (χ2v) is 6.92. The van der Waals surface area contributed by atoms with E-state index >= 15 is 0 Å². The number of rotatable bonds is 6. The third-order valence-electron chi connectivity index (χ3n) is 4.89. The van der Waals surface area contributed by atoms with Gasteiger partial charge in [0.25, 0.3) is 5.91 Å². The van der Waals surface area contributed by atoms with Crippen LogP contribution in [0.5, 0.6) is 0 Å². The quantitative estimate of drug-likeness (QED) is 0.554. The van der Waals surface area contributed by atoms with Crippen molar-refractivity contribution < 1.29 is 22.7 Å². The van der Waals surface area contributed by atoms with E-state index < -0.39 is 17.8 Å². The van der Waals surface area contributed by atoms with Gasteiger partial charge in [0.1, 0.15) is 11.9 Å². The molecule has 2 unspecified atom stereocenters. The second-order valence-electron chi connectivity index (χ2n) is 6.92. The molecule has 0 saturated carbocycles. The fourth-order valence-electron chi connectivity index (χ4n) is 3.40. The minimum absolute atomic E-state index is 0.126. The topological polar surface area (TPSA) is 59.7 Å². The fourth-order valence-corrected chi connectivity index (χ4v) is 3.40. The van der Waals surface area contributed by atoms with Gasteiger partial charge in [-0.1, -0.05) is 6.08 Å². The number of carbonyl (C=O) groups is 1. The molecule has 9 heteroatoms. The Morgan fingerprint density at radius 3 is 2.93 bits per heavy atom. The summed E-state index contributed by atoms with van der Waals surface area (Å²) in [6.07, 6.45) is -0.149. The third kappa shape index (κ3) is 4.35. The number of amides is 1. The van der Waals surface area contributed by atoms with Gasteiger partial charge in [0.15, 0.2) is 5.65 Å². The minimum atomic E-state index is -4.44. The van der Waals surface area contributed by atoms with Gasteiger partial charge in [0, 0.05) is 25.2 Å². The zero-order chi connectivity index (χ0) is 20.3. The van der Waals surface area contributed by atoms with Crippen molar-refractivity contribution in [3.8, 4) is 0 Å². The second kappa shape index (κ2) is 8.30. The SMILES string of the molecule is C=CCCOC(C)C(=O)N1CCCC(c2nnc3ccc(C(F)(F)F)cn23)C1. The molecular weight excluding hydrogens is 373 g/mol. The van der Waals surface area contributed by atoms with Gasteiger partial charge in [-0.3, -0.25) is 9.20 Å². The van der Waals surface area contributed by atoms with E-state index in [1.807, 2.05) is 0 Å². The van der Waals surface area contributed by atoms with Crippen LogP contribution in [0.2, 0.25) is 0 Å². The first-order valence-corrected chi connectivity index (χ1v) is 9.24. The Morgan fingerprint density at radius 2 is 2.21 bits per heavy atom. The van der Waals surface area contributed by atoms with Gasteiger partial charge < -0.3 is 9.64 Å². The molecule has 2 atom stereocenters. The Labute approximate surface area is 161 Å². The normalized spacial score (nSPS) is 19.0. The molecule has 28 heavy (non-hydrogen) atoms. The van der Waals surface area contributed by atoms with Crippen LogP contribution in [0.4, 0.5) is 13.2 Å². The monoisotopic (exact) mass is 396 g/mol. The number of halogens is 3. The number of fused-ring (bicyclic) bond motifs is 1. The van der Waals surface area contributed by atoms with E-state index in [-0.39, 0.29) is 11.8 Å². The molecule has 3 rings (SSSR count). The Balaban J connectivity index is 1.77. The Bertz CT molecular complexity index is 849. The Hall–Kier alpha value is -2.42.